The molecule has 3 rings (SSSR count). The number of para-hydroxylation sites is 1. The maximum atomic E-state index is 12.0. The summed E-state index contributed by atoms with van der Waals surface area (Å²) in [5, 5.41) is 8.02. The molecule has 1 amide bonds. The van der Waals surface area contributed by atoms with Gasteiger partial charge in [0.2, 0.25) is 5.91 Å². The minimum absolute atomic E-state index is 0.118. The predicted octanol–water partition coefficient (Wildman–Crippen LogP) is 4.18. The number of aromatic nitrogens is 1. The van der Waals surface area contributed by atoms with Crippen molar-refractivity contribution in [1.29, 1.82) is 0 Å². The highest BCUT2D eigenvalue weighted by atomic mass is 32.1. The van der Waals surface area contributed by atoms with Gasteiger partial charge in [-0.3, -0.25) is 10.2 Å². The summed E-state index contributed by atoms with van der Waals surface area (Å²) in [5.41, 5.74) is 6.06. The minimum Gasteiger partial charge on any atom is -0.361 e. The van der Waals surface area contributed by atoms with Crippen LogP contribution in [-0.2, 0) is 11.2 Å². The van der Waals surface area contributed by atoms with Gasteiger partial charge in [-0.15, -0.1) is 0 Å². The second-order valence-electron chi connectivity index (χ2n) is 6.25. The van der Waals surface area contributed by atoms with Gasteiger partial charge in [-0.2, -0.15) is 5.10 Å². The van der Waals surface area contributed by atoms with Gasteiger partial charge in [-0.05, 0) is 48.3 Å². The second-order valence-corrected chi connectivity index (χ2v) is 6.66. The first-order chi connectivity index (χ1) is 13.7. The lowest BCUT2D eigenvalue weighted by atomic mass is 10.1. The number of carbonyl (C=O) groups is 1. The van der Waals surface area contributed by atoms with Crippen molar-refractivity contribution in [2.24, 2.45) is 5.10 Å². The first kappa shape index (κ1) is 19.5. The first-order valence-electron chi connectivity index (χ1n) is 9.12. The fraction of sp³-hybridized carbons (Fsp3) is 0.136. The number of hydrogen-bond donors (Lipinski definition) is 3. The van der Waals surface area contributed by atoms with Crippen LogP contribution >= 0.6 is 12.2 Å². The van der Waals surface area contributed by atoms with Gasteiger partial charge in [0.1, 0.15) is 0 Å². The Kier molecular flexibility index (Phi) is 7.09. The zero-order valence-electron chi connectivity index (χ0n) is 15.4. The molecule has 0 fully saturated rings. The average molecular weight is 391 g/mol. The summed E-state index contributed by atoms with van der Waals surface area (Å²) >= 11 is 5.08. The van der Waals surface area contributed by atoms with Crippen LogP contribution in [0, 0.1) is 0 Å². The highest BCUT2D eigenvalue weighted by Crippen LogP contribution is 2.19. The Morgan fingerprint density at radius 3 is 2.75 bits per heavy atom. The van der Waals surface area contributed by atoms with Crippen LogP contribution in [0.1, 0.15) is 24.0 Å². The number of hydrogen-bond acceptors (Lipinski definition) is 3. The predicted molar refractivity (Wildman–Crippen MR) is 119 cm³/mol. The molecule has 28 heavy (non-hydrogen) atoms. The van der Waals surface area contributed by atoms with Crippen LogP contribution in [0.5, 0.6) is 0 Å². The zero-order chi connectivity index (χ0) is 19.6. The highest BCUT2D eigenvalue weighted by Gasteiger charge is 2.06. The summed E-state index contributed by atoms with van der Waals surface area (Å²) in [4.78, 5) is 15.3. The number of benzene rings is 2. The van der Waals surface area contributed by atoms with Crippen molar-refractivity contribution in [1.82, 2.24) is 15.7 Å². The van der Waals surface area contributed by atoms with Gasteiger partial charge in [-0.1, -0.05) is 54.6 Å². The largest absolute Gasteiger partial charge is 0.361 e. The summed E-state index contributed by atoms with van der Waals surface area (Å²) < 4.78 is 0. The van der Waals surface area contributed by atoms with Crippen LogP contribution in [0.4, 0.5) is 0 Å². The number of aryl methyl sites for hydroxylation is 1. The van der Waals surface area contributed by atoms with E-state index in [4.69, 9.17) is 12.2 Å². The van der Waals surface area contributed by atoms with Crippen molar-refractivity contribution in [3.05, 3.63) is 78.0 Å². The molecule has 0 aliphatic rings. The number of amides is 1. The van der Waals surface area contributed by atoms with Crippen LogP contribution in [0.25, 0.3) is 17.0 Å². The first-order valence-corrected chi connectivity index (χ1v) is 9.53. The van der Waals surface area contributed by atoms with Crippen molar-refractivity contribution in [3.8, 4) is 0 Å². The molecule has 142 valence electrons. The molecule has 6 heteroatoms. The van der Waals surface area contributed by atoms with Crippen molar-refractivity contribution < 1.29 is 4.79 Å². The Morgan fingerprint density at radius 2 is 1.89 bits per heavy atom. The molecule has 0 saturated carbocycles. The van der Waals surface area contributed by atoms with E-state index in [0.717, 1.165) is 23.9 Å². The third-order valence-electron chi connectivity index (χ3n) is 4.19. The molecule has 0 radical (unpaired) electrons. The van der Waals surface area contributed by atoms with E-state index in [2.05, 4.69) is 26.9 Å². The van der Waals surface area contributed by atoms with E-state index in [-0.39, 0.29) is 11.0 Å². The van der Waals surface area contributed by atoms with Crippen molar-refractivity contribution in [3.63, 3.8) is 0 Å². The summed E-state index contributed by atoms with van der Waals surface area (Å²) in [6.45, 7) is 0. The van der Waals surface area contributed by atoms with Gasteiger partial charge in [0.25, 0.3) is 0 Å². The number of nitrogens with zero attached hydrogens (tertiary/aromatic N) is 1. The molecule has 0 aliphatic heterocycles. The lowest BCUT2D eigenvalue weighted by molar-refractivity contribution is -0.119. The second kappa shape index (κ2) is 10.2. The van der Waals surface area contributed by atoms with Gasteiger partial charge >= 0.3 is 0 Å². The van der Waals surface area contributed by atoms with E-state index in [1.807, 2.05) is 60.8 Å². The number of rotatable bonds is 7. The number of fused-ring (bicyclic) bond motifs is 1. The van der Waals surface area contributed by atoms with Crippen LogP contribution < -0.4 is 10.7 Å². The maximum Gasteiger partial charge on any atom is 0.226 e. The average Bonchev–Trinajstić information content (AvgIpc) is 3.12. The Hall–Kier alpha value is -3.25. The van der Waals surface area contributed by atoms with Gasteiger partial charge in [0, 0.05) is 29.7 Å². The van der Waals surface area contributed by atoms with Crippen LogP contribution in [0.2, 0.25) is 0 Å². The highest BCUT2D eigenvalue weighted by molar-refractivity contribution is 7.80. The standard InChI is InChI=1S/C22H22N4OS/c27-21(14-6-11-18-16-23-20-13-5-4-12-19(18)20)25-22(28)26-24-15-7-10-17-8-2-1-3-9-17/h1-5,7-10,12-13,15-16,23H,6,11,14H2,(H2,25,26,27,28)/b10-7+,24-15+. The van der Waals surface area contributed by atoms with Crippen LogP contribution in [0.3, 0.4) is 0 Å². The molecule has 0 unspecified atom stereocenters. The fourth-order valence-corrected chi connectivity index (χ4v) is 3.02. The minimum atomic E-state index is -0.118. The third-order valence-corrected chi connectivity index (χ3v) is 4.39. The van der Waals surface area contributed by atoms with Crippen LogP contribution in [0.15, 0.2) is 72.0 Å². The van der Waals surface area contributed by atoms with Crippen LogP contribution in [-0.4, -0.2) is 22.2 Å². The monoisotopic (exact) mass is 390 g/mol. The third kappa shape index (κ3) is 5.89. The molecule has 1 aromatic heterocycles. The molecule has 0 aliphatic carbocycles. The normalized spacial score (nSPS) is 11.3. The fourth-order valence-electron chi connectivity index (χ4n) is 2.85. The zero-order valence-corrected chi connectivity index (χ0v) is 16.2. The van der Waals surface area contributed by atoms with Gasteiger partial charge in [0.05, 0.1) is 0 Å². The molecule has 0 saturated heterocycles. The number of hydrazone groups is 1. The number of thiocarbonyl (C=S) groups is 1. The van der Waals surface area contributed by atoms with E-state index >= 15 is 0 Å². The van der Waals surface area contributed by atoms with Crippen molar-refractivity contribution >= 4 is 46.4 Å². The Labute approximate surface area is 169 Å². The number of aromatic amines is 1. The molecule has 2 aromatic carbocycles. The summed E-state index contributed by atoms with van der Waals surface area (Å²) in [6, 6.07) is 18.1. The molecule has 3 N–H and O–H groups in total. The number of nitrogens with one attached hydrogen (secondary N) is 3. The van der Waals surface area contributed by atoms with E-state index < -0.39 is 0 Å². The van der Waals surface area contributed by atoms with Gasteiger partial charge in [-0.25, -0.2) is 0 Å². The molecule has 0 spiro atoms. The number of H-pyrrole nitrogens is 1. The molecule has 3 aromatic rings. The summed E-state index contributed by atoms with van der Waals surface area (Å²) in [6.07, 6.45) is 9.30. The lowest BCUT2D eigenvalue weighted by Crippen LogP contribution is -2.36. The lowest BCUT2D eigenvalue weighted by Gasteiger charge is -2.05. The Balaban J connectivity index is 1.35. The summed E-state index contributed by atoms with van der Waals surface area (Å²) in [5.74, 6) is -0.118. The maximum absolute atomic E-state index is 12.0. The molecular formula is C22H22N4OS. The van der Waals surface area contributed by atoms with E-state index in [9.17, 15) is 4.79 Å². The van der Waals surface area contributed by atoms with E-state index in [1.165, 1.54) is 10.9 Å². The Morgan fingerprint density at radius 1 is 1.11 bits per heavy atom. The molecule has 1 heterocycles. The summed E-state index contributed by atoms with van der Waals surface area (Å²) in [7, 11) is 0. The molecule has 0 atom stereocenters. The quantitative estimate of drug-likeness (QED) is 0.322. The number of allylic oxidation sites excluding steroid dienone is 1. The van der Waals surface area contributed by atoms with E-state index in [1.54, 1.807) is 12.3 Å². The van der Waals surface area contributed by atoms with E-state index in [0.29, 0.717) is 6.42 Å². The van der Waals surface area contributed by atoms with Crippen molar-refractivity contribution in [2.45, 2.75) is 19.3 Å². The topological polar surface area (TPSA) is 69.3 Å². The van der Waals surface area contributed by atoms with Gasteiger partial charge < -0.3 is 10.3 Å². The van der Waals surface area contributed by atoms with Crippen molar-refractivity contribution in [2.75, 3.05) is 0 Å². The smallest absolute Gasteiger partial charge is 0.226 e. The molecule has 0 bridgehead atoms. The molecular weight excluding hydrogens is 368 g/mol. The Bertz CT molecular complexity index is 992. The number of carbonyl (C=O) groups excluding carboxylic acids is 1. The van der Waals surface area contributed by atoms with Gasteiger partial charge in [0.15, 0.2) is 5.11 Å². The molecule has 5 nitrogen and oxygen atoms in total. The SMILES string of the molecule is O=C(CCCc1c[nH]c2ccccc12)NC(=S)N/N=C/C=C/c1ccccc1.